The zero-order chi connectivity index (χ0) is 17.2. The van der Waals surface area contributed by atoms with Gasteiger partial charge in [-0.2, -0.15) is 0 Å². The summed E-state index contributed by atoms with van der Waals surface area (Å²) in [7, 11) is 0. The van der Waals surface area contributed by atoms with E-state index in [1.807, 2.05) is 6.92 Å². The van der Waals surface area contributed by atoms with Crippen LogP contribution in [0.3, 0.4) is 0 Å². The molecule has 0 fully saturated rings. The third kappa shape index (κ3) is 10.6. The summed E-state index contributed by atoms with van der Waals surface area (Å²) >= 11 is 4.29. The highest BCUT2D eigenvalue weighted by Gasteiger charge is 2.40. The zero-order valence-electron chi connectivity index (χ0n) is 11.2. The Morgan fingerprint density at radius 1 is 1.05 bits per heavy atom. The topological polar surface area (TPSA) is 173 Å². The molecule has 0 aromatic carbocycles. The van der Waals surface area contributed by atoms with E-state index in [4.69, 9.17) is 30.6 Å². The van der Waals surface area contributed by atoms with Crippen molar-refractivity contribution in [3.8, 4) is 0 Å². The lowest BCUT2D eigenvalue weighted by atomic mass is 9.96. The molecule has 10 heteroatoms. The minimum Gasteiger partial charge on any atom is -0.500 e. The zero-order valence-corrected chi connectivity index (χ0v) is 12.0. The molecule has 0 aromatic rings. The van der Waals surface area contributed by atoms with E-state index in [1.165, 1.54) is 0 Å². The van der Waals surface area contributed by atoms with Crippen LogP contribution in [0.1, 0.15) is 32.6 Å². The number of carbonyl (C=O) groups is 3. The van der Waals surface area contributed by atoms with Crippen molar-refractivity contribution in [1.82, 2.24) is 0 Å². The quantitative estimate of drug-likeness (QED) is 0.327. The van der Waals surface area contributed by atoms with Gasteiger partial charge in [0, 0.05) is 0 Å². The standard InChI is InChI=1S/C6H8O7.C5H10O2S/c7-3(8)1-6(13,5(11)12)2-4(9)10;1-2-3-4(6)5(7)8/h13H,1-2H2,(H,7,8)(H,9,10)(H,11,12);4,6H,2-3H2,1H3,(H,7,8). The van der Waals surface area contributed by atoms with Crippen LogP contribution in [-0.4, -0.2) is 65.3 Å². The maximum Gasteiger partial charge on any atom is 0.336 e. The summed E-state index contributed by atoms with van der Waals surface area (Å²) in [5, 5.41) is 50.7. The summed E-state index contributed by atoms with van der Waals surface area (Å²) in [6.45, 7) is 1.92. The highest BCUT2D eigenvalue weighted by atomic mass is 32.1. The Balaban J connectivity index is 0. The number of hydrogen-bond acceptors (Lipinski definition) is 6. The van der Waals surface area contributed by atoms with Gasteiger partial charge in [-0.25, -0.2) is 4.79 Å². The first-order valence-corrected chi connectivity index (χ1v) is 6.17. The van der Waals surface area contributed by atoms with E-state index in [0.29, 0.717) is 6.42 Å². The molecule has 1 unspecified atom stereocenters. The molecule has 1 atom stereocenters. The largest absolute Gasteiger partial charge is 0.500 e. The van der Waals surface area contributed by atoms with Crippen molar-refractivity contribution in [3.63, 3.8) is 0 Å². The predicted molar refractivity (Wildman–Crippen MR) is 73.2 cm³/mol. The van der Waals surface area contributed by atoms with Crippen molar-refractivity contribution >= 4 is 35.2 Å². The lowest BCUT2D eigenvalue weighted by Gasteiger charge is -2.18. The Bertz CT molecular complexity index is 377. The summed E-state index contributed by atoms with van der Waals surface area (Å²) in [6.07, 6.45) is -1.70. The van der Waals surface area contributed by atoms with Crippen molar-refractivity contribution in [2.45, 2.75) is 44.3 Å². The van der Waals surface area contributed by atoms with Crippen molar-refractivity contribution in [3.05, 3.63) is 0 Å². The normalized spacial score (nSPS) is 11.8. The molecule has 0 rings (SSSR count). The van der Waals surface area contributed by atoms with Crippen LogP contribution < -0.4 is 0 Å². The molecule has 0 aliphatic carbocycles. The summed E-state index contributed by atoms with van der Waals surface area (Å²) in [6, 6.07) is 0. The number of aliphatic hydroxyl groups excluding tert-OH is 2. The van der Waals surface area contributed by atoms with Gasteiger partial charge in [-0.1, -0.05) is 13.3 Å². The Morgan fingerprint density at radius 2 is 1.43 bits per heavy atom. The number of carboxylic acid groups (broad SMARTS) is 3. The highest BCUT2D eigenvalue weighted by molar-refractivity contribution is 7.80. The number of rotatable bonds is 8. The van der Waals surface area contributed by atoms with Gasteiger partial charge in [0.25, 0.3) is 0 Å². The maximum atomic E-state index is 10.3. The van der Waals surface area contributed by atoms with Gasteiger partial charge in [0.1, 0.15) is 6.10 Å². The molecular weight excluding hydrogens is 308 g/mol. The fourth-order valence-electron chi connectivity index (χ4n) is 1.11. The van der Waals surface area contributed by atoms with Gasteiger partial charge in [-0.05, 0) is 18.6 Å². The SMILES string of the molecule is CCCC(O)C(O)=S.O=C(O)CC(O)(CC(=O)O)C(=O)O. The second-order valence-corrected chi connectivity index (χ2v) is 4.54. The first kappa shape index (κ1) is 21.5. The van der Waals surface area contributed by atoms with E-state index in [2.05, 4.69) is 12.2 Å². The van der Waals surface area contributed by atoms with Gasteiger partial charge in [0.2, 0.25) is 0 Å². The van der Waals surface area contributed by atoms with Crippen LogP contribution in [0.15, 0.2) is 0 Å². The van der Waals surface area contributed by atoms with Crippen LogP contribution in [0.25, 0.3) is 0 Å². The van der Waals surface area contributed by atoms with Crippen molar-refractivity contribution < 1.29 is 45.0 Å². The molecule has 0 spiro atoms. The van der Waals surface area contributed by atoms with E-state index in [9.17, 15) is 14.4 Å². The minimum absolute atomic E-state index is 0.299. The molecule has 122 valence electrons. The molecule has 0 bridgehead atoms. The Morgan fingerprint density at radius 3 is 1.57 bits per heavy atom. The number of hydrogen-bond donors (Lipinski definition) is 6. The van der Waals surface area contributed by atoms with Crippen molar-refractivity contribution in [1.29, 1.82) is 0 Å². The van der Waals surface area contributed by atoms with Crippen LogP contribution >= 0.6 is 12.2 Å². The first-order valence-electron chi connectivity index (χ1n) is 5.76. The molecule has 0 aliphatic heterocycles. The fraction of sp³-hybridized carbons (Fsp3) is 0.636. The average molecular weight is 326 g/mol. The second-order valence-electron chi connectivity index (χ2n) is 4.12. The van der Waals surface area contributed by atoms with Crippen LogP contribution in [0, 0.1) is 0 Å². The third-order valence-electron chi connectivity index (χ3n) is 2.13. The van der Waals surface area contributed by atoms with Gasteiger partial charge < -0.3 is 30.6 Å². The molecule has 0 aliphatic rings. The number of thiocarbonyl (C=S) groups is 1. The fourth-order valence-corrected chi connectivity index (χ4v) is 1.23. The molecule has 0 radical (unpaired) electrons. The molecule has 0 saturated heterocycles. The smallest absolute Gasteiger partial charge is 0.336 e. The lowest BCUT2D eigenvalue weighted by molar-refractivity contribution is -0.170. The van der Waals surface area contributed by atoms with E-state index in [1.54, 1.807) is 0 Å². The highest BCUT2D eigenvalue weighted by Crippen LogP contribution is 2.15. The molecule has 0 heterocycles. The van der Waals surface area contributed by atoms with Gasteiger partial charge >= 0.3 is 17.9 Å². The van der Waals surface area contributed by atoms with Crippen LogP contribution in [0.4, 0.5) is 0 Å². The molecule has 0 amide bonds. The maximum absolute atomic E-state index is 10.3. The van der Waals surface area contributed by atoms with E-state index in [-0.39, 0.29) is 5.05 Å². The molecular formula is C11H18O9S. The summed E-state index contributed by atoms with van der Waals surface area (Å²) in [4.78, 5) is 30.5. The summed E-state index contributed by atoms with van der Waals surface area (Å²) < 4.78 is 0. The molecule has 9 nitrogen and oxygen atoms in total. The van der Waals surface area contributed by atoms with Gasteiger partial charge in [0.05, 0.1) is 12.8 Å². The van der Waals surface area contributed by atoms with Crippen LogP contribution in [0.2, 0.25) is 0 Å². The van der Waals surface area contributed by atoms with Crippen molar-refractivity contribution in [2.75, 3.05) is 0 Å². The minimum atomic E-state index is -2.74. The van der Waals surface area contributed by atoms with Gasteiger partial charge in [0.15, 0.2) is 10.7 Å². The van der Waals surface area contributed by atoms with Crippen molar-refractivity contribution in [2.24, 2.45) is 0 Å². The Kier molecular flexibility index (Phi) is 10.3. The van der Waals surface area contributed by atoms with E-state index >= 15 is 0 Å². The number of aliphatic carboxylic acids is 3. The molecule has 6 N–H and O–H groups in total. The van der Waals surface area contributed by atoms with Gasteiger partial charge in [-0.3, -0.25) is 9.59 Å². The van der Waals surface area contributed by atoms with Crippen LogP contribution in [-0.2, 0) is 14.4 Å². The third-order valence-corrected chi connectivity index (χ3v) is 2.40. The summed E-state index contributed by atoms with van der Waals surface area (Å²) in [5.74, 6) is -5.02. The van der Waals surface area contributed by atoms with E-state index in [0.717, 1.165) is 6.42 Å². The second kappa shape index (κ2) is 10.0. The molecule has 21 heavy (non-hydrogen) atoms. The predicted octanol–water partition coefficient (Wildman–Crippen LogP) is -0.216. The van der Waals surface area contributed by atoms with Gasteiger partial charge in [-0.15, -0.1) is 0 Å². The van der Waals surface area contributed by atoms with Crippen LogP contribution in [0.5, 0.6) is 0 Å². The monoisotopic (exact) mass is 326 g/mol. The summed E-state index contributed by atoms with van der Waals surface area (Å²) in [5.41, 5.74) is -2.74. The number of aliphatic hydroxyl groups is 3. The molecule has 0 aromatic heterocycles. The average Bonchev–Trinajstić information content (AvgIpc) is 2.27. The number of carboxylic acids is 3. The lowest BCUT2D eigenvalue weighted by Crippen LogP contribution is -2.42. The Hall–Kier alpha value is -1.78. The van der Waals surface area contributed by atoms with E-state index < -0.39 is 42.5 Å². The molecule has 0 saturated carbocycles. The Labute approximate surface area is 125 Å². The first-order chi connectivity index (χ1) is 9.46.